The summed E-state index contributed by atoms with van der Waals surface area (Å²) in [6, 6.07) is 18.8. The first kappa shape index (κ1) is 25.5. The molecular formula is C27H20F4N6O2. The molecule has 4 N–H and O–H groups in total. The Hall–Kier alpha value is -5.13. The van der Waals surface area contributed by atoms with Crippen molar-refractivity contribution in [3.8, 4) is 11.5 Å². The monoisotopic (exact) mass is 536 g/mol. The van der Waals surface area contributed by atoms with Gasteiger partial charge in [0.25, 0.3) is 0 Å². The van der Waals surface area contributed by atoms with Gasteiger partial charge in [-0.1, -0.05) is 30.3 Å². The summed E-state index contributed by atoms with van der Waals surface area (Å²) in [6.07, 6.45) is -3.34. The Balaban J connectivity index is 1.26. The molecule has 2 aromatic heterocycles. The van der Waals surface area contributed by atoms with Crippen LogP contribution < -0.4 is 21.1 Å². The maximum atomic E-state index is 13.9. The van der Waals surface area contributed by atoms with E-state index < -0.39 is 29.3 Å². The number of aromatic nitrogens is 3. The van der Waals surface area contributed by atoms with E-state index in [0.717, 1.165) is 11.1 Å². The molecule has 0 atom stereocenters. The zero-order valence-corrected chi connectivity index (χ0v) is 20.0. The van der Waals surface area contributed by atoms with Crippen LogP contribution in [0.2, 0.25) is 0 Å². The van der Waals surface area contributed by atoms with Crippen LogP contribution in [-0.2, 0) is 12.7 Å². The van der Waals surface area contributed by atoms with Crippen molar-refractivity contribution in [2.24, 2.45) is 0 Å². The van der Waals surface area contributed by atoms with Crippen molar-refractivity contribution in [3.63, 3.8) is 0 Å². The summed E-state index contributed by atoms with van der Waals surface area (Å²) in [7, 11) is 0. The number of nitrogens with one attached hydrogen (secondary N) is 2. The summed E-state index contributed by atoms with van der Waals surface area (Å²) in [5, 5.41) is 4.39. The predicted molar refractivity (Wildman–Crippen MR) is 138 cm³/mol. The average Bonchev–Trinajstić information content (AvgIpc) is 3.20. The molecule has 198 valence electrons. The number of rotatable bonds is 6. The first-order valence-electron chi connectivity index (χ1n) is 11.5. The van der Waals surface area contributed by atoms with Crippen molar-refractivity contribution in [2.75, 3.05) is 16.4 Å². The number of hydrogen-bond donors (Lipinski definition) is 3. The summed E-state index contributed by atoms with van der Waals surface area (Å²) in [5.74, 6) is 0.268. The van der Waals surface area contributed by atoms with E-state index in [0.29, 0.717) is 47.7 Å². The minimum atomic E-state index is -4.68. The van der Waals surface area contributed by atoms with E-state index in [1.165, 1.54) is 18.3 Å². The lowest BCUT2D eigenvalue weighted by Crippen LogP contribution is -2.21. The third kappa shape index (κ3) is 5.90. The molecule has 12 heteroatoms. The Morgan fingerprint density at radius 2 is 1.72 bits per heavy atom. The Morgan fingerprint density at radius 1 is 0.949 bits per heavy atom. The third-order valence-corrected chi connectivity index (χ3v) is 5.69. The molecule has 0 fully saturated rings. The van der Waals surface area contributed by atoms with E-state index in [1.807, 2.05) is 34.9 Å². The molecule has 39 heavy (non-hydrogen) atoms. The van der Waals surface area contributed by atoms with E-state index in [-0.39, 0.29) is 5.82 Å². The van der Waals surface area contributed by atoms with Gasteiger partial charge < -0.3 is 20.4 Å². The van der Waals surface area contributed by atoms with E-state index in [4.69, 9.17) is 10.5 Å². The van der Waals surface area contributed by atoms with Gasteiger partial charge in [0.05, 0.1) is 35.0 Å². The largest absolute Gasteiger partial charge is 0.456 e. The molecule has 0 bridgehead atoms. The molecule has 0 spiro atoms. The second-order valence-electron chi connectivity index (χ2n) is 8.44. The van der Waals surface area contributed by atoms with Crippen LogP contribution in [0.5, 0.6) is 11.5 Å². The van der Waals surface area contributed by atoms with Gasteiger partial charge in [-0.15, -0.1) is 0 Å². The van der Waals surface area contributed by atoms with Gasteiger partial charge in [0.15, 0.2) is 0 Å². The number of anilines is 3. The van der Waals surface area contributed by atoms with Crippen LogP contribution in [0.15, 0.2) is 85.1 Å². The number of fused-ring (bicyclic) bond motifs is 1. The summed E-state index contributed by atoms with van der Waals surface area (Å²) >= 11 is 0. The van der Waals surface area contributed by atoms with Crippen molar-refractivity contribution >= 4 is 34.5 Å². The van der Waals surface area contributed by atoms with Crippen LogP contribution in [0.1, 0.15) is 11.1 Å². The SMILES string of the molecule is Nc1nc2ccc(Oc3ccc(NC(=O)Nc4cc(C(F)(F)F)ccc4F)nc3)cc2n1Cc1ccccc1. The molecule has 0 radical (unpaired) electrons. The second kappa shape index (κ2) is 10.3. The van der Waals surface area contributed by atoms with Gasteiger partial charge in [0, 0.05) is 6.07 Å². The highest BCUT2D eigenvalue weighted by molar-refractivity contribution is 5.99. The molecule has 0 aliphatic rings. The molecule has 5 rings (SSSR count). The summed E-state index contributed by atoms with van der Waals surface area (Å²) in [4.78, 5) is 20.7. The van der Waals surface area contributed by atoms with Crippen molar-refractivity contribution in [3.05, 3.63) is 102 Å². The highest BCUT2D eigenvalue weighted by atomic mass is 19.4. The normalized spacial score (nSPS) is 11.4. The molecule has 0 saturated carbocycles. The number of halogens is 4. The first-order valence-corrected chi connectivity index (χ1v) is 11.5. The van der Waals surface area contributed by atoms with Gasteiger partial charge in [-0.3, -0.25) is 5.32 Å². The molecule has 2 amide bonds. The molecule has 8 nitrogen and oxygen atoms in total. The number of carbonyl (C=O) groups excluding carboxylic acids is 1. The molecular weight excluding hydrogens is 516 g/mol. The van der Waals surface area contributed by atoms with Crippen LogP contribution in [-0.4, -0.2) is 20.6 Å². The Morgan fingerprint density at radius 3 is 2.44 bits per heavy atom. The third-order valence-electron chi connectivity index (χ3n) is 5.69. The lowest BCUT2D eigenvalue weighted by molar-refractivity contribution is -0.137. The Labute approximate surface area is 219 Å². The van der Waals surface area contributed by atoms with Gasteiger partial charge in [-0.2, -0.15) is 13.2 Å². The quantitative estimate of drug-likeness (QED) is 0.211. The van der Waals surface area contributed by atoms with Gasteiger partial charge in [-0.25, -0.2) is 19.2 Å². The number of carbonyl (C=O) groups is 1. The number of amides is 2. The number of alkyl halides is 3. The fourth-order valence-electron chi connectivity index (χ4n) is 3.83. The van der Waals surface area contributed by atoms with Crippen LogP contribution >= 0.6 is 0 Å². The van der Waals surface area contributed by atoms with E-state index in [9.17, 15) is 22.4 Å². The molecule has 0 saturated heterocycles. The lowest BCUT2D eigenvalue weighted by Gasteiger charge is -2.12. The molecule has 5 aromatic rings. The highest BCUT2D eigenvalue weighted by Gasteiger charge is 2.31. The molecule has 2 heterocycles. The van der Waals surface area contributed by atoms with E-state index >= 15 is 0 Å². The predicted octanol–water partition coefficient (Wildman–Crippen LogP) is 6.66. The molecule has 0 aliphatic heterocycles. The smallest absolute Gasteiger partial charge is 0.416 e. The number of benzene rings is 3. The fourth-order valence-corrected chi connectivity index (χ4v) is 3.83. The van der Waals surface area contributed by atoms with Crippen molar-refractivity contribution in [2.45, 2.75) is 12.7 Å². The Kier molecular flexibility index (Phi) is 6.75. The Bertz CT molecular complexity index is 1640. The van der Waals surface area contributed by atoms with Crippen molar-refractivity contribution < 1.29 is 27.1 Å². The summed E-state index contributed by atoms with van der Waals surface area (Å²) < 4.78 is 60.3. The summed E-state index contributed by atoms with van der Waals surface area (Å²) in [6.45, 7) is 0.529. The number of imidazole rings is 1. The van der Waals surface area contributed by atoms with Crippen molar-refractivity contribution in [1.29, 1.82) is 0 Å². The van der Waals surface area contributed by atoms with Crippen LogP contribution in [0.3, 0.4) is 0 Å². The maximum absolute atomic E-state index is 13.9. The molecule has 0 aliphatic carbocycles. The van der Waals surface area contributed by atoms with Crippen LogP contribution in [0, 0.1) is 5.82 Å². The fraction of sp³-hybridized carbons (Fsp3) is 0.0741. The number of pyridine rings is 1. The first-order chi connectivity index (χ1) is 18.7. The minimum Gasteiger partial charge on any atom is -0.456 e. The number of ether oxygens (including phenoxy) is 1. The van der Waals surface area contributed by atoms with Gasteiger partial charge >= 0.3 is 12.2 Å². The topological polar surface area (TPSA) is 107 Å². The number of nitrogens with two attached hydrogens (primary N) is 1. The molecule has 3 aromatic carbocycles. The zero-order chi connectivity index (χ0) is 27.6. The van der Waals surface area contributed by atoms with Crippen molar-refractivity contribution in [1.82, 2.24) is 14.5 Å². The lowest BCUT2D eigenvalue weighted by atomic mass is 10.2. The van der Waals surface area contributed by atoms with Crippen LogP contribution in [0.25, 0.3) is 11.0 Å². The summed E-state index contributed by atoms with van der Waals surface area (Å²) in [5.41, 5.74) is 6.96. The average molecular weight is 536 g/mol. The second-order valence-corrected chi connectivity index (χ2v) is 8.44. The van der Waals surface area contributed by atoms with Gasteiger partial charge in [0.1, 0.15) is 23.1 Å². The number of urea groups is 1. The molecule has 0 unspecified atom stereocenters. The van der Waals surface area contributed by atoms with Gasteiger partial charge in [-0.05, 0) is 48.0 Å². The number of hydrogen-bond acceptors (Lipinski definition) is 5. The van der Waals surface area contributed by atoms with E-state index in [2.05, 4.69) is 20.6 Å². The minimum absolute atomic E-state index is 0.0661. The number of nitrogens with zero attached hydrogens (tertiary/aromatic N) is 3. The maximum Gasteiger partial charge on any atom is 0.416 e. The van der Waals surface area contributed by atoms with E-state index in [1.54, 1.807) is 18.2 Å². The number of nitrogen functional groups attached to an aromatic ring is 1. The van der Waals surface area contributed by atoms with Gasteiger partial charge in [0.2, 0.25) is 5.95 Å². The highest BCUT2D eigenvalue weighted by Crippen LogP contribution is 2.32. The van der Waals surface area contributed by atoms with Crippen LogP contribution in [0.4, 0.5) is 39.8 Å². The standard InChI is InChI=1S/C27H20F4N6O2/c28-20-9-6-17(27(29,30)31)12-22(20)35-26(38)36-24-11-8-19(14-33-24)39-18-7-10-21-23(13-18)37(25(32)34-21)15-16-4-2-1-3-5-16/h1-14H,15H2,(H2,32,34)(H2,33,35,36,38). The zero-order valence-electron chi connectivity index (χ0n) is 20.0.